The topological polar surface area (TPSA) is 48.0 Å². The Morgan fingerprint density at radius 3 is 2.28 bits per heavy atom. The van der Waals surface area contributed by atoms with Crippen LogP contribution in [-0.4, -0.2) is 38.7 Å². The third-order valence-electron chi connectivity index (χ3n) is 5.15. The number of carbonyl (C=O) groups is 1. The van der Waals surface area contributed by atoms with E-state index in [4.69, 9.17) is 37.4 Å². The predicted molar refractivity (Wildman–Crippen MR) is 127 cm³/mol. The second kappa shape index (κ2) is 11.1. The van der Waals surface area contributed by atoms with Gasteiger partial charge in [-0.15, -0.1) is 0 Å². The average molecular weight is 474 g/mol. The molecule has 7 heteroatoms. The number of nitrogens with zero attached hydrogens (tertiary/aromatic N) is 1. The van der Waals surface area contributed by atoms with Crippen molar-refractivity contribution >= 4 is 29.1 Å². The molecule has 0 spiro atoms. The summed E-state index contributed by atoms with van der Waals surface area (Å²) in [7, 11) is 4.72. The van der Waals surface area contributed by atoms with E-state index in [-0.39, 0.29) is 5.91 Å². The number of hydrogen-bond acceptors (Lipinski definition) is 4. The second-order valence-corrected chi connectivity index (χ2v) is 7.93. The molecular formula is C25H25Cl2NO4. The summed E-state index contributed by atoms with van der Waals surface area (Å²) in [5.41, 5.74) is 2.26. The molecule has 0 aliphatic carbocycles. The van der Waals surface area contributed by atoms with E-state index in [9.17, 15) is 4.79 Å². The van der Waals surface area contributed by atoms with Crippen molar-refractivity contribution in [3.05, 3.63) is 87.4 Å². The number of halogens is 2. The van der Waals surface area contributed by atoms with Gasteiger partial charge in [-0.25, -0.2) is 0 Å². The molecule has 0 aromatic heterocycles. The molecule has 0 radical (unpaired) electrons. The third-order valence-corrected chi connectivity index (χ3v) is 5.73. The van der Waals surface area contributed by atoms with Crippen molar-refractivity contribution < 1.29 is 19.0 Å². The number of ether oxygens (including phenoxy) is 3. The molecule has 1 amide bonds. The van der Waals surface area contributed by atoms with Gasteiger partial charge in [0, 0.05) is 34.8 Å². The number of hydrogen-bond donors (Lipinski definition) is 0. The maximum atomic E-state index is 13.6. The van der Waals surface area contributed by atoms with Gasteiger partial charge in [-0.2, -0.15) is 0 Å². The monoisotopic (exact) mass is 473 g/mol. The molecule has 3 rings (SSSR count). The molecule has 0 aliphatic heterocycles. The zero-order chi connectivity index (χ0) is 23.1. The summed E-state index contributed by atoms with van der Waals surface area (Å²) in [6.07, 6.45) is 0.565. The van der Waals surface area contributed by atoms with Gasteiger partial charge in [0.05, 0.1) is 26.9 Å². The van der Waals surface area contributed by atoms with E-state index < -0.39 is 0 Å². The lowest BCUT2D eigenvalue weighted by Gasteiger charge is -2.25. The first kappa shape index (κ1) is 23.8. The molecule has 0 heterocycles. The van der Waals surface area contributed by atoms with Crippen molar-refractivity contribution in [3.8, 4) is 17.2 Å². The van der Waals surface area contributed by atoms with Gasteiger partial charge in [0.15, 0.2) is 0 Å². The molecular weight excluding hydrogens is 449 g/mol. The van der Waals surface area contributed by atoms with Crippen LogP contribution in [0.2, 0.25) is 10.0 Å². The van der Waals surface area contributed by atoms with E-state index in [0.717, 1.165) is 16.9 Å². The Kier molecular flexibility index (Phi) is 8.26. The van der Waals surface area contributed by atoms with Gasteiger partial charge in [0.25, 0.3) is 5.91 Å². The minimum atomic E-state index is -0.166. The molecule has 0 saturated carbocycles. The number of methoxy groups -OCH3 is 3. The van der Waals surface area contributed by atoms with Crippen molar-refractivity contribution in [3.63, 3.8) is 0 Å². The molecule has 3 aromatic carbocycles. The Bertz CT molecular complexity index is 1090. The quantitative estimate of drug-likeness (QED) is 0.387. The smallest absolute Gasteiger partial charge is 0.257 e. The fraction of sp³-hybridized carbons (Fsp3) is 0.240. The molecule has 0 N–H and O–H groups in total. The van der Waals surface area contributed by atoms with Crippen LogP contribution in [-0.2, 0) is 13.0 Å². The summed E-state index contributed by atoms with van der Waals surface area (Å²) in [6, 6.07) is 18.2. The van der Waals surface area contributed by atoms with Crippen LogP contribution in [0.4, 0.5) is 0 Å². The Morgan fingerprint density at radius 1 is 0.844 bits per heavy atom. The van der Waals surface area contributed by atoms with Gasteiger partial charge in [-0.1, -0.05) is 47.5 Å². The van der Waals surface area contributed by atoms with Crippen LogP contribution in [0.5, 0.6) is 17.2 Å². The van der Waals surface area contributed by atoms with Gasteiger partial charge >= 0.3 is 0 Å². The van der Waals surface area contributed by atoms with Gasteiger partial charge < -0.3 is 19.1 Å². The normalized spacial score (nSPS) is 10.5. The van der Waals surface area contributed by atoms with Crippen molar-refractivity contribution in [1.82, 2.24) is 4.90 Å². The summed E-state index contributed by atoms with van der Waals surface area (Å²) in [4.78, 5) is 15.4. The second-order valence-electron chi connectivity index (χ2n) is 7.09. The fourth-order valence-electron chi connectivity index (χ4n) is 3.42. The minimum Gasteiger partial charge on any atom is -0.497 e. The van der Waals surface area contributed by atoms with Crippen molar-refractivity contribution in [2.75, 3.05) is 27.9 Å². The molecule has 5 nitrogen and oxygen atoms in total. The lowest BCUT2D eigenvalue weighted by atomic mass is 10.1. The van der Waals surface area contributed by atoms with Crippen molar-refractivity contribution in [1.29, 1.82) is 0 Å². The van der Waals surface area contributed by atoms with Crippen LogP contribution in [0.3, 0.4) is 0 Å². The number of para-hydroxylation sites is 1. The van der Waals surface area contributed by atoms with E-state index >= 15 is 0 Å². The minimum absolute atomic E-state index is 0.166. The fourth-order valence-corrected chi connectivity index (χ4v) is 3.92. The SMILES string of the molecule is COc1ccc(C(=O)N(CCc2ccc(Cl)cc2Cl)Cc2ccccc2OC)c(OC)c1. The number of amides is 1. The van der Waals surface area contributed by atoms with E-state index in [1.807, 2.05) is 30.3 Å². The molecule has 0 unspecified atom stereocenters. The van der Waals surface area contributed by atoms with Crippen LogP contribution >= 0.6 is 23.2 Å². The standard InChI is InChI=1S/C25H25Cl2NO4/c1-30-20-10-11-21(24(15-20)32-3)25(29)28(16-18-6-4-5-7-23(18)31-2)13-12-17-8-9-19(26)14-22(17)27/h4-11,14-15H,12-13,16H2,1-3H3. The van der Waals surface area contributed by atoms with E-state index in [0.29, 0.717) is 46.6 Å². The molecule has 3 aromatic rings. The number of rotatable bonds is 9. The average Bonchev–Trinajstić information content (AvgIpc) is 2.82. The first-order valence-corrected chi connectivity index (χ1v) is 10.8. The summed E-state index contributed by atoms with van der Waals surface area (Å²) in [6.45, 7) is 0.802. The highest BCUT2D eigenvalue weighted by molar-refractivity contribution is 6.35. The molecule has 0 bridgehead atoms. The summed E-state index contributed by atoms with van der Waals surface area (Å²) >= 11 is 12.4. The molecule has 0 fully saturated rings. The van der Waals surface area contributed by atoms with Gasteiger partial charge in [0.1, 0.15) is 17.2 Å². The van der Waals surface area contributed by atoms with E-state index in [1.54, 1.807) is 49.5 Å². The van der Waals surface area contributed by atoms with Crippen LogP contribution < -0.4 is 14.2 Å². The molecule has 168 valence electrons. The lowest BCUT2D eigenvalue weighted by molar-refractivity contribution is 0.0740. The highest BCUT2D eigenvalue weighted by Crippen LogP contribution is 2.28. The van der Waals surface area contributed by atoms with Gasteiger partial charge in [0.2, 0.25) is 0 Å². The Morgan fingerprint density at radius 2 is 1.59 bits per heavy atom. The maximum Gasteiger partial charge on any atom is 0.257 e. The van der Waals surface area contributed by atoms with Crippen LogP contribution in [0.15, 0.2) is 60.7 Å². The predicted octanol–water partition coefficient (Wildman–Crippen LogP) is 5.90. The zero-order valence-electron chi connectivity index (χ0n) is 18.2. The summed E-state index contributed by atoms with van der Waals surface area (Å²) < 4.78 is 16.2. The maximum absolute atomic E-state index is 13.6. The van der Waals surface area contributed by atoms with Gasteiger partial charge in [-0.05, 0) is 42.3 Å². The van der Waals surface area contributed by atoms with Crippen LogP contribution in [0.1, 0.15) is 21.5 Å². The summed E-state index contributed by atoms with van der Waals surface area (Å²) in [5, 5.41) is 1.15. The van der Waals surface area contributed by atoms with E-state index in [1.165, 1.54) is 7.11 Å². The number of carbonyl (C=O) groups excluding carboxylic acids is 1. The van der Waals surface area contributed by atoms with Crippen molar-refractivity contribution in [2.45, 2.75) is 13.0 Å². The van der Waals surface area contributed by atoms with Crippen LogP contribution in [0, 0.1) is 0 Å². The first-order chi connectivity index (χ1) is 15.5. The number of benzene rings is 3. The Hall–Kier alpha value is -2.89. The molecule has 0 aliphatic rings. The molecule has 0 saturated heterocycles. The Balaban J connectivity index is 1.93. The Labute approximate surface area is 198 Å². The largest absolute Gasteiger partial charge is 0.497 e. The highest BCUT2D eigenvalue weighted by Gasteiger charge is 2.22. The molecule has 32 heavy (non-hydrogen) atoms. The highest BCUT2D eigenvalue weighted by atomic mass is 35.5. The lowest BCUT2D eigenvalue weighted by Crippen LogP contribution is -2.33. The third kappa shape index (κ3) is 5.67. The summed E-state index contributed by atoms with van der Waals surface area (Å²) in [5.74, 6) is 1.61. The van der Waals surface area contributed by atoms with Crippen molar-refractivity contribution in [2.24, 2.45) is 0 Å². The molecule has 0 atom stereocenters. The van der Waals surface area contributed by atoms with Gasteiger partial charge in [-0.3, -0.25) is 4.79 Å². The first-order valence-electron chi connectivity index (χ1n) is 10.0. The van der Waals surface area contributed by atoms with Crippen LogP contribution in [0.25, 0.3) is 0 Å². The van der Waals surface area contributed by atoms with E-state index in [2.05, 4.69) is 0 Å². The zero-order valence-corrected chi connectivity index (χ0v) is 19.7.